The Morgan fingerprint density at radius 3 is 2.79 bits per heavy atom. The van der Waals surface area contributed by atoms with E-state index >= 15 is 0 Å². The van der Waals surface area contributed by atoms with Gasteiger partial charge >= 0.3 is 0 Å². The molecule has 0 aromatic rings. The Hall–Kier alpha value is -1.15. The van der Waals surface area contributed by atoms with Crippen molar-refractivity contribution in [2.75, 3.05) is 0 Å². The molecule has 0 saturated heterocycles. The number of hydrogen-bond acceptors (Lipinski definition) is 2. The third-order valence-electron chi connectivity index (χ3n) is 2.28. The number of hydrogen-bond donors (Lipinski definition) is 0. The largest absolute Gasteiger partial charge is 0.294 e. The Labute approximate surface area is 87.7 Å². The molecule has 1 atom stereocenters. The van der Waals surface area contributed by atoms with E-state index in [2.05, 4.69) is 4.99 Å². The van der Waals surface area contributed by atoms with Crippen molar-refractivity contribution in [1.82, 2.24) is 0 Å². The van der Waals surface area contributed by atoms with Crippen LogP contribution in [0.3, 0.4) is 0 Å². The zero-order chi connectivity index (χ0) is 10.3. The number of fused-ring (bicyclic) bond motifs is 1. The molecule has 1 aliphatic heterocycles. The molecule has 0 saturated carbocycles. The topological polar surface area (TPSA) is 29.4 Å². The fourth-order valence-electron chi connectivity index (χ4n) is 1.67. The van der Waals surface area contributed by atoms with Crippen molar-refractivity contribution >= 4 is 23.1 Å². The van der Waals surface area contributed by atoms with Crippen molar-refractivity contribution < 1.29 is 4.79 Å². The van der Waals surface area contributed by atoms with Gasteiger partial charge in [-0.25, -0.2) is 0 Å². The standard InChI is InChI=1S/C11H10ClNO/c1-6-3-8-10(14)5-7(2)13-11(8)9(12)4-6/h3-5,8H,1-2H3. The van der Waals surface area contributed by atoms with Gasteiger partial charge in [0.25, 0.3) is 0 Å². The maximum atomic E-state index is 11.6. The SMILES string of the molecule is CC1=CC2C(=O)C=C(C)N=C2C(Cl)=C1. The Balaban J connectivity index is 2.52. The van der Waals surface area contributed by atoms with Crippen molar-refractivity contribution in [3.63, 3.8) is 0 Å². The summed E-state index contributed by atoms with van der Waals surface area (Å²) in [5, 5.41) is 0.579. The van der Waals surface area contributed by atoms with Gasteiger partial charge in [0.05, 0.1) is 16.7 Å². The van der Waals surface area contributed by atoms with E-state index < -0.39 is 0 Å². The van der Waals surface area contributed by atoms with Gasteiger partial charge in [-0.05, 0) is 19.9 Å². The highest BCUT2D eigenvalue weighted by Gasteiger charge is 2.28. The number of allylic oxidation sites excluding steroid dienone is 6. The van der Waals surface area contributed by atoms with Crippen LogP contribution < -0.4 is 0 Å². The highest BCUT2D eigenvalue weighted by molar-refractivity contribution is 6.46. The molecule has 0 aromatic carbocycles. The van der Waals surface area contributed by atoms with Gasteiger partial charge in [0.15, 0.2) is 5.78 Å². The molecule has 14 heavy (non-hydrogen) atoms. The van der Waals surface area contributed by atoms with E-state index in [4.69, 9.17) is 11.6 Å². The molecule has 2 aliphatic rings. The van der Waals surface area contributed by atoms with E-state index in [1.54, 1.807) is 13.0 Å². The highest BCUT2D eigenvalue weighted by atomic mass is 35.5. The zero-order valence-electron chi connectivity index (χ0n) is 8.04. The fourth-order valence-corrected chi connectivity index (χ4v) is 2.00. The molecule has 0 aromatic heterocycles. The number of nitrogens with zero attached hydrogens (tertiary/aromatic N) is 1. The first-order valence-corrected chi connectivity index (χ1v) is 4.82. The Morgan fingerprint density at radius 1 is 1.36 bits per heavy atom. The van der Waals surface area contributed by atoms with Gasteiger partial charge in [0, 0.05) is 11.8 Å². The molecule has 0 amide bonds. The summed E-state index contributed by atoms with van der Waals surface area (Å²) < 4.78 is 0. The molecule has 2 rings (SSSR count). The zero-order valence-corrected chi connectivity index (χ0v) is 8.80. The van der Waals surface area contributed by atoms with E-state index in [0.717, 1.165) is 11.3 Å². The number of carbonyl (C=O) groups is 1. The van der Waals surface area contributed by atoms with Gasteiger partial charge in [0.2, 0.25) is 0 Å². The quantitative estimate of drug-likeness (QED) is 0.601. The van der Waals surface area contributed by atoms with Crippen molar-refractivity contribution in [1.29, 1.82) is 0 Å². The number of ketones is 1. The maximum absolute atomic E-state index is 11.6. The molecule has 2 nitrogen and oxygen atoms in total. The van der Waals surface area contributed by atoms with Crippen molar-refractivity contribution in [2.45, 2.75) is 13.8 Å². The van der Waals surface area contributed by atoms with E-state index in [-0.39, 0.29) is 11.7 Å². The van der Waals surface area contributed by atoms with Crippen LogP contribution >= 0.6 is 11.6 Å². The third kappa shape index (κ3) is 1.46. The summed E-state index contributed by atoms with van der Waals surface area (Å²) in [7, 11) is 0. The Morgan fingerprint density at radius 2 is 2.07 bits per heavy atom. The fraction of sp³-hybridized carbons (Fsp3) is 0.273. The number of rotatable bonds is 0. The van der Waals surface area contributed by atoms with Crippen LogP contribution in [-0.2, 0) is 4.79 Å². The van der Waals surface area contributed by atoms with Gasteiger partial charge in [0.1, 0.15) is 0 Å². The molecule has 0 spiro atoms. The Kier molecular flexibility index (Phi) is 2.16. The summed E-state index contributed by atoms with van der Waals surface area (Å²) in [6.45, 7) is 3.73. The van der Waals surface area contributed by atoms with Gasteiger partial charge < -0.3 is 0 Å². The van der Waals surface area contributed by atoms with Crippen LogP contribution in [0.5, 0.6) is 0 Å². The summed E-state index contributed by atoms with van der Waals surface area (Å²) in [5.74, 6) is -0.200. The van der Waals surface area contributed by atoms with Crippen LogP contribution in [0.4, 0.5) is 0 Å². The minimum atomic E-state index is -0.267. The molecule has 0 radical (unpaired) electrons. The number of aliphatic imine (C=N–C) groups is 1. The number of carbonyl (C=O) groups excluding carboxylic acids is 1. The minimum absolute atomic E-state index is 0.0677. The Bertz CT molecular complexity index is 427. The van der Waals surface area contributed by atoms with Crippen molar-refractivity contribution in [3.05, 3.63) is 34.5 Å². The molecule has 3 heteroatoms. The first-order chi connectivity index (χ1) is 6.58. The molecule has 72 valence electrons. The van der Waals surface area contributed by atoms with Crippen LogP contribution in [0, 0.1) is 5.92 Å². The molecule has 1 aliphatic carbocycles. The number of halogens is 1. The van der Waals surface area contributed by atoms with Gasteiger partial charge in [-0.15, -0.1) is 0 Å². The highest BCUT2D eigenvalue weighted by Crippen LogP contribution is 2.28. The molecule has 1 heterocycles. The normalized spacial score (nSPS) is 25.9. The smallest absolute Gasteiger partial charge is 0.170 e. The molecule has 0 fully saturated rings. The van der Waals surface area contributed by atoms with E-state index in [0.29, 0.717) is 10.7 Å². The van der Waals surface area contributed by atoms with Crippen LogP contribution in [0.1, 0.15) is 13.8 Å². The predicted molar refractivity (Wildman–Crippen MR) is 57.4 cm³/mol. The molecular formula is C11H10ClNO. The lowest BCUT2D eigenvalue weighted by molar-refractivity contribution is -0.115. The van der Waals surface area contributed by atoms with Crippen LogP contribution in [0.15, 0.2) is 39.5 Å². The third-order valence-corrected chi connectivity index (χ3v) is 2.58. The van der Waals surface area contributed by atoms with E-state index in [9.17, 15) is 4.79 Å². The lowest BCUT2D eigenvalue weighted by Gasteiger charge is -2.21. The van der Waals surface area contributed by atoms with Crippen molar-refractivity contribution in [3.8, 4) is 0 Å². The summed E-state index contributed by atoms with van der Waals surface area (Å²) in [4.78, 5) is 15.9. The summed E-state index contributed by atoms with van der Waals surface area (Å²) in [6, 6.07) is 0. The first kappa shape index (κ1) is 9.41. The molecular weight excluding hydrogens is 198 g/mol. The maximum Gasteiger partial charge on any atom is 0.170 e. The second-order valence-electron chi connectivity index (χ2n) is 3.57. The summed E-state index contributed by atoms with van der Waals surface area (Å²) in [5.41, 5.74) is 2.42. The second-order valence-corrected chi connectivity index (χ2v) is 3.97. The van der Waals surface area contributed by atoms with Crippen LogP contribution in [0.25, 0.3) is 0 Å². The summed E-state index contributed by atoms with van der Waals surface area (Å²) in [6.07, 6.45) is 5.30. The van der Waals surface area contributed by atoms with Gasteiger partial charge in [-0.1, -0.05) is 23.3 Å². The summed E-state index contributed by atoms with van der Waals surface area (Å²) >= 11 is 6.03. The average Bonchev–Trinajstić information content (AvgIpc) is 2.07. The lowest BCUT2D eigenvalue weighted by Crippen LogP contribution is -2.26. The first-order valence-electron chi connectivity index (χ1n) is 4.44. The van der Waals surface area contributed by atoms with Gasteiger partial charge in [-0.2, -0.15) is 0 Å². The van der Waals surface area contributed by atoms with E-state index in [1.165, 1.54) is 0 Å². The van der Waals surface area contributed by atoms with E-state index in [1.807, 2.05) is 19.1 Å². The molecule has 0 bridgehead atoms. The second kappa shape index (κ2) is 3.21. The van der Waals surface area contributed by atoms with Crippen molar-refractivity contribution in [2.24, 2.45) is 10.9 Å². The minimum Gasteiger partial charge on any atom is -0.294 e. The van der Waals surface area contributed by atoms with Crippen LogP contribution in [-0.4, -0.2) is 11.5 Å². The van der Waals surface area contributed by atoms with Crippen LogP contribution in [0.2, 0.25) is 0 Å². The lowest BCUT2D eigenvalue weighted by atomic mass is 9.88. The molecule has 1 unspecified atom stereocenters. The average molecular weight is 208 g/mol. The predicted octanol–water partition coefficient (Wildman–Crippen LogP) is 2.61. The molecule has 0 N–H and O–H groups in total. The van der Waals surface area contributed by atoms with Gasteiger partial charge in [-0.3, -0.25) is 9.79 Å². The monoisotopic (exact) mass is 207 g/mol.